The maximum Gasteiger partial charge on any atom is 0.328 e. The molecule has 0 aliphatic rings. The Hall–Kier alpha value is -6.16. The number of amides is 2. The molecule has 0 atom stereocenters. The third-order valence-corrected chi connectivity index (χ3v) is 6.60. The molecule has 0 aliphatic heterocycles. The number of benzene rings is 4. The van der Waals surface area contributed by atoms with E-state index < -0.39 is 23.8 Å². The number of hydrogen-bond acceptors (Lipinski definition) is 6. The van der Waals surface area contributed by atoms with Gasteiger partial charge in [0, 0.05) is 41.1 Å². The van der Waals surface area contributed by atoms with Gasteiger partial charge in [-0.2, -0.15) is 0 Å². The van der Waals surface area contributed by atoms with E-state index in [4.69, 9.17) is 19.7 Å². The second-order valence-electron chi connectivity index (χ2n) is 10.3. The van der Waals surface area contributed by atoms with Crippen LogP contribution in [0, 0.1) is 0 Å². The lowest BCUT2D eigenvalue weighted by Gasteiger charge is -2.27. The zero-order valence-electron chi connectivity index (χ0n) is 24.4. The van der Waals surface area contributed by atoms with Crippen LogP contribution in [0.3, 0.4) is 0 Å². The molecule has 10 heteroatoms. The summed E-state index contributed by atoms with van der Waals surface area (Å²) in [6.07, 6.45) is 3.42. The van der Waals surface area contributed by atoms with Crippen molar-refractivity contribution in [2.45, 2.75) is 19.3 Å². The SMILES string of the molecule is CC(C)(c1ccc(Oc2ccc(NC(=O)/C=C\C(=O)O)cc2)cc1)c1cccc(Oc2ccc(NC(=O)/C=C\C(=O)O)cc2)c1. The van der Waals surface area contributed by atoms with Crippen LogP contribution < -0.4 is 20.1 Å². The van der Waals surface area contributed by atoms with Gasteiger partial charge in [-0.05, 0) is 83.9 Å². The van der Waals surface area contributed by atoms with Crippen LogP contribution in [0.15, 0.2) is 121 Å². The monoisotopic (exact) mass is 606 g/mol. The van der Waals surface area contributed by atoms with Gasteiger partial charge in [0.05, 0.1) is 0 Å². The first-order valence-electron chi connectivity index (χ1n) is 13.7. The summed E-state index contributed by atoms with van der Waals surface area (Å²) >= 11 is 0. The van der Waals surface area contributed by atoms with Crippen molar-refractivity contribution in [1.29, 1.82) is 0 Å². The standard InChI is InChI=1S/C35H30N2O8/c1-35(2,23-6-12-27(13-7-23)44-28-14-8-25(9-15-28)36-31(38)18-20-33(40)41)24-4-3-5-30(22-24)45-29-16-10-26(11-17-29)37-32(39)19-21-34(42)43/h3-22H,1-2H3,(H,36,38)(H,37,39)(H,40,41)(H,42,43)/b20-18-,21-19-. The lowest BCUT2D eigenvalue weighted by Crippen LogP contribution is -2.18. The van der Waals surface area contributed by atoms with Crippen molar-refractivity contribution in [3.8, 4) is 23.0 Å². The predicted octanol–water partition coefficient (Wildman–Crippen LogP) is 6.76. The fraction of sp³-hybridized carbons (Fsp3) is 0.0857. The quantitative estimate of drug-likeness (QED) is 0.129. The third kappa shape index (κ3) is 9.42. The highest BCUT2D eigenvalue weighted by atomic mass is 16.5. The van der Waals surface area contributed by atoms with Crippen LogP contribution in [0.25, 0.3) is 0 Å². The summed E-state index contributed by atoms with van der Waals surface area (Å²) in [6, 6.07) is 28.9. The van der Waals surface area contributed by atoms with Crippen molar-refractivity contribution < 1.29 is 38.9 Å². The number of carbonyl (C=O) groups excluding carboxylic acids is 2. The highest BCUT2D eigenvalue weighted by Gasteiger charge is 2.24. The zero-order valence-corrected chi connectivity index (χ0v) is 24.4. The molecule has 0 radical (unpaired) electrons. The van der Waals surface area contributed by atoms with Crippen LogP contribution >= 0.6 is 0 Å². The van der Waals surface area contributed by atoms with Crippen LogP contribution in [-0.4, -0.2) is 34.0 Å². The number of ether oxygens (including phenoxy) is 2. The number of hydrogen-bond donors (Lipinski definition) is 4. The minimum atomic E-state index is -1.20. The van der Waals surface area contributed by atoms with Crippen molar-refractivity contribution in [3.05, 3.63) is 132 Å². The molecule has 45 heavy (non-hydrogen) atoms. The van der Waals surface area contributed by atoms with Gasteiger partial charge >= 0.3 is 11.9 Å². The Balaban J connectivity index is 1.37. The number of rotatable bonds is 12. The highest BCUT2D eigenvalue weighted by molar-refractivity contribution is 6.03. The summed E-state index contributed by atoms with van der Waals surface area (Å²) < 4.78 is 12.0. The Kier molecular flexibility index (Phi) is 10.1. The maximum absolute atomic E-state index is 11.8. The molecule has 4 aromatic carbocycles. The molecule has 228 valence electrons. The normalized spacial score (nSPS) is 11.2. The molecule has 0 heterocycles. The molecule has 2 amide bonds. The van der Waals surface area contributed by atoms with Crippen LogP contribution in [0.2, 0.25) is 0 Å². The van der Waals surface area contributed by atoms with Crippen molar-refractivity contribution in [2.75, 3.05) is 10.6 Å². The van der Waals surface area contributed by atoms with Crippen LogP contribution in [0.1, 0.15) is 25.0 Å². The van der Waals surface area contributed by atoms with Crippen LogP contribution in [0.5, 0.6) is 23.0 Å². The Morgan fingerprint density at radius 1 is 0.556 bits per heavy atom. The third-order valence-electron chi connectivity index (χ3n) is 6.60. The molecule has 0 bridgehead atoms. The average Bonchev–Trinajstić information content (AvgIpc) is 3.01. The second kappa shape index (κ2) is 14.3. The fourth-order valence-corrected chi connectivity index (χ4v) is 4.20. The van der Waals surface area contributed by atoms with Crippen molar-refractivity contribution in [2.24, 2.45) is 0 Å². The lowest BCUT2D eigenvalue weighted by atomic mass is 9.78. The Morgan fingerprint density at radius 2 is 0.978 bits per heavy atom. The molecule has 10 nitrogen and oxygen atoms in total. The summed E-state index contributed by atoms with van der Waals surface area (Å²) in [5, 5.41) is 22.4. The Morgan fingerprint density at radius 3 is 1.42 bits per heavy atom. The van der Waals surface area contributed by atoms with E-state index in [9.17, 15) is 19.2 Å². The lowest BCUT2D eigenvalue weighted by molar-refractivity contribution is -0.132. The minimum Gasteiger partial charge on any atom is -0.478 e. The van der Waals surface area contributed by atoms with E-state index in [1.54, 1.807) is 48.5 Å². The molecule has 0 spiro atoms. The Bertz CT molecular complexity index is 1740. The number of aliphatic carboxylic acids is 2. The number of carbonyl (C=O) groups is 4. The van der Waals surface area contributed by atoms with Crippen molar-refractivity contribution in [3.63, 3.8) is 0 Å². The summed E-state index contributed by atoms with van der Waals surface area (Å²) in [4.78, 5) is 44.7. The van der Waals surface area contributed by atoms with Gasteiger partial charge in [0.1, 0.15) is 23.0 Å². The van der Waals surface area contributed by atoms with Crippen molar-refractivity contribution >= 4 is 35.1 Å². The van der Waals surface area contributed by atoms with E-state index in [1.807, 2.05) is 48.5 Å². The van der Waals surface area contributed by atoms with Gasteiger partial charge in [-0.3, -0.25) is 9.59 Å². The molecule has 4 rings (SSSR count). The summed E-state index contributed by atoms with van der Waals surface area (Å²) in [6.45, 7) is 4.22. The first-order chi connectivity index (χ1) is 21.5. The number of anilines is 2. The van der Waals surface area contributed by atoms with Gasteiger partial charge < -0.3 is 30.3 Å². The van der Waals surface area contributed by atoms with Gasteiger partial charge in [0.25, 0.3) is 0 Å². The molecule has 4 aromatic rings. The van der Waals surface area contributed by atoms with Gasteiger partial charge in [0.15, 0.2) is 0 Å². The van der Waals surface area contributed by atoms with Gasteiger partial charge in [0.2, 0.25) is 11.8 Å². The molecule has 0 saturated heterocycles. The van der Waals surface area contributed by atoms with E-state index in [-0.39, 0.29) is 5.41 Å². The predicted molar refractivity (Wildman–Crippen MR) is 169 cm³/mol. The molecular formula is C35H30N2O8. The van der Waals surface area contributed by atoms with Crippen molar-refractivity contribution in [1.82, 2.24) is 0 Å². The number of carboxylic acid groups (broad SMARTS) is 2. The molecular weight excluding hydrogens is 576 g/mol. The first-order valence-corrected chi connectivity index (χ1v) is 13.7. The molecule has 0 saturated carbocycles. The number of carboxylic acids is 2. The average molecular weight is 607 g/mol. The maximum atomic E-state index is 11.8. The van der Waals surface area contributed by atoms with E-state index in [0.717, 1.165) is 35.4 Å². The summed E-state index contributed by atoms with van der Waals surface area (Å²) in [5.41, 5.74) is 2.71. The molecule has 0 aromatic heterocycles. The van der Waals surface area contributed by atoms with E-state index >= 15 is 0 Å². The zero-order chi connectivity index (χ0) is 32.4. The highest BCUT2D eigenvalue weighted by Crippen LogP contribution is 2.35. The van der Waals surface area contributed by atoms with E-state index in [1.165, 1.54) is 0 Å². The smallest absolute Gasteiger partial charge is 0.328 e. The molecule has 0 unspecified atom stereocenters. The molecule has 0 aliphatic carbocycles. The van der Waals surface area contributed by atoms with Crippen LogP contribution in [-0.2, 0) is 24.6 Å². The summed E-state index contributed by atoms with van der Waals surface area (Å²) in [5.74, 6) is -1.10. The van der Waals surface area contributed by atoms with E-state index in [2.05, 4.69) is 24.5 Å². The van der Waals surface area contributed by atoms with Gasteiger partial charge in [-0.15, -0.1) is 0 Å². The summed E-state index contributed by atoms with van der Waals surface area (Å²) in [7, 11) is 0. The fourth-order valence-electron chi connectivity index (χ4n) is 4.20. The van der Waals surface area contributed by atoms with Crippen LogP contribution in [0.4, 0.5) is 11.4 Å². The minimum absolute atomic E-state index is 0.371. The number of nitrogens with one attached hydrogen (secondary N) is 2. The molecule has 4 N–H and O–H groups in total. The Labute approximate surface area is 259 Å². The second-order valence-corrected chi connectivity index (χ2v) is 10.3. The van der Waals surface area contributed by atoms with E-state index in [0.29, 0.717) is 34.4 Å². The topological polar surface area (TPSA) is 151 Å². The molecule has 0 fully saturated rings. The first kappa shape index (κ1) is 31.8. The van der Waals surface area contributed by atoms with Gasteiger partial charge in [-0.1, -0.05) is 38.1 Å². The largest absolute Gasteiger partial charge is 0.478 e. The van der Waals surface area contributed by atoms with Gasteiger partial charge in [-0.25, -0.2) is 9.59 Å².